The quantitative estimate of drug-likeness (QED) is 0.518. The summed E-state index contributed by atoms with van der Waals surface area (Å²) in [5, 5.41) is 21.7. The van der Waals surface area contributed by atoms with Crippen molar-refractivity contribution in [3.8, 4) is 0 Å². The molecule has 1 atom stereocenters. The molecule has 0 radical (unpaired) electrons. The molecule has 0 bridgehead atoms. The highest BCUT2D eigenvalue weighted by molar-refractivity contribution is 6.27. The van der Waals surface area contributed by atoms with Crippen LogP contribution in [0.4, 0.5) is 0 Å². The molecule has 1 heterocycles. The van der Waals surface area contributed by atoms with E-state index in [-0.39, 0.29) is 6.04 Å². The lowest BCUT2D eigenvalue weighted by Crippen LogP contribution is -2.17. The summed E-state index contributed by atoms with van der Waals surface area (Å²) in [4.78, 5) is 18.2. The number of carboxylic acids is 2. The monoisotopic (exact) mass is 229 g/mol. The van der Waals surface area contributed by atoms with Crippen LogP contribution in [0, 0.1) is 6.92 Å². The van der Waals surface area contributed by atoms with Crippen LogP contribution in [0.5, 0.6) is 0 Å². The molecule has 7 heteroatoms. The number of nitrogens with one attached hydrogen (secondary N) is 1. The van der Waals surface area contributed by atoms with Gasteiger partial charge in [0.05, 0.1) is 5.69 Å². The van der Waals surface area contributed by atoms with Crippen molar-refractivity contribution in [2.45, 2.75) is 26.3 Å². The molecule has 0 aliphatic rings. The minimum absolute atomic E-state index is 0.197. The van der Waals surface area contributed by atoms with E-state index in [1.165, 1.54) is 0 Å². The van der Waals surface area contributed by atoms with Gasteiger partial charge in [-0.25, -0.2) is 9.59 Å². The van der Waals surface area contributed by atoms with E-state index in [2.05, 4.69) is 10.2 Å². The second-order valence-electron chi connectivity index (χ2n) is 3.33. The summed E-state index contributed by atoms with van der Waals surface area (Å²) in [5.41, 5.74) is 7.72. The van der Waals surface area contributed by atoms with Crippen LogP contribution < -0.4 is 5.73 Å². The Morgan fingerprint density at radius 3 is 2.25 bits per heavy atom. The summed E-state index contributed by atoms with van der Waals surface area (Å²) in [7, 11) is 0. The Hall–Kier alpha value is -1.89. The number of aryl methyl sites for hydroxylation is 1. The third kappa shape index (κ3) is 6.55. The molecule has 90 valence electrons. The number of nitrogens with zero attached hydrogens (tertiary/aromatic N) is 1. The van der Waals surface area contributed by atoms with Crippen LogP contribution in [0.3, 0.4) is 0 Å². The van der Waals surface area contributed by atoms with E-state index >= 15 is 0 Å². The molecule has 0 amide bonds. The van der Waals surface area contributed by atoms with Crippen molar-refractivity contribution < 1.29 is 19.8 Å². The van der Waals surface area contributed by atoms with Gasteiger partial charge in [0.25, 0.3) is 0 Å². The summed E-state index contributed by atoms with van der Waals surface area (Å²) in [6, 6.07) is 2.21. The lowest BCUT2D eigenvalue weighted by molar-refractivity contribution is -0.159. The van der Waals surface area contributed by atoms with E-state index in [1.54, 1.807) is 0 Å². The number of hydrogen-bond acceptors (Lipinski definition) is 4. The van der Waals surface area contributed by atoms with Crippen molar-refractivity contribution in [2.75, 3.05) is 0 Å². The zero-order valence-corrected chi connectivity index (χ0v) is 9.10. The molecule has 0 fully saturated rings. The normalized spacial score (nSPS) is 11.2. The van der Waals surface area contributed by atoms with Crippen LogP contribution in [-0.2, 0) is 16.0 Å². The maximum absolute atomic E-state index is 9.10. The fourth-order valence-electron chi connectivity index (χ4n) is 0.909. The van der Waals surface area contributed by atoms with Crippen LogP contribution in [0.25, 0.3) is 0 Å². The molecule has 1 aromatic rings. The first-order valence-corrected chi connectivity index (χ1v) is 4.55. The van der Waals surface area contributed by atoms with E-state index in [0.717, 1.165) is 17.8 Å². The highest BCUT2D eigenvalue weighted by Gasteiger charge is 2.04. The Morgan fingerprint density at radius 1 is 1.50 bits per heavy atom. The summed E-state index contributed by atoms with van der Waals surface area (Å²) >= 11 is 0. The average Bonchev–Trinajstić information content (AvgIpc) is 2.50. The van der Waals surface area contributed by atoms with Gasteiger partial charge in [0.15, 0.2) is 0 Å². The summed E-state index contributed by atoms with van der Waals surface area (Å²) in [5.74, 6) is -3.65. The van der Waals surface area contributed by atoms with Crippen molar-refractivity contribution in [1.82, 2.24) is 10.2 Å². The number of hydrogen-bond donors (Lipinski definition) is 4. The van der Waals surface area contributed by atoms with Crippen LogP contribution in [0.1, 0.15) is 18.3 Å². The predicted octanol–water partition coefficient (Wildman–Crippen LogP) is -0.237. The van der Waals surface area contributed by atoms with Crippen molar-refractivity contribution >= 4 is 11.9 Å². The largest absolute Gasteiger partial charge is 0.473 e. The Bertz CT molecular complexity index is 347. The topological polar surface area (TPSA) is 129 Å². The van der Waals surface area contributed by atoms with Gasteiger partial charge in [-0.2, -0.15) is 5.10 Å². The van der Waals surface area contributed by atoms with Gasteiger partial charge < -0.3 is 15.9 Å². The Morgan fingerprint density at radius 2 is 2.00 bits per heavy atom. The lowest BCUT2D eigenvalue weighted by Gasteiger charge is -1.98. The SMILES string of the molecule is Cc1cc(CC(C)N)n[nH]1.O=C(O)C(=O)O. The fraction of sp³-hybridized carbons (Fsp3) is 0.444. The Kier molecular flexibility index (Phi) is 5.79. The van der Waals surface area contributed by atoms with Gasteiger partial charge in [0.1, 0.15) is 0 Å². The van der Waals surface area contributed by atoms with E-state index in [9.17, 15) is 0 Å². The summed E-state index contributed by atoms with van der Waals surface area (Å²) < 4.78 is 0. The van der Waals surface area contributed by atoms with E-state index in [0.29, 0.717) is 0 Å². The fourth-order valence-corrected chi connectivity index (χ4v) is 0.909. The first kappa shape index (κ1) is 14.1. The van der Waals surface area contributed by atoms with Crippen molar-refractivity contribution in [3.63, 3.8) is 0 Å². The van der Waals surface area contributed by atoms with Gasteiger partial charge in [-0.05, 0) is 19.9 Å². The van der Waals surface area contributed by atoms with E-state index in [1.807, 2.05) is 19.9 Å². The Labute approximate surface area is 92.3 Å². The van der Waals surface area contributed by atoms with Gasteiger partial charge in [0.2, 0.25) is 0 Å². The van der Waals surface area contributed by atoms with Gasteiger partial charge >= 0.3 is 11.9 Å². The van der Waals surface area contributed by atoms with E-state index in [4.69, 9.17) is 25.5 Å². The van der Waals surface area contributed by atoms with Crippen LogP contribution in [-0.4, -0.2) is 38.4 Å². The number of aromatic amines is 1. The molecule has 0 aromatic carbocycles. The molecule has 0 aliphatic heterocycles. The second-order valence-corrected chi connectivity index (χ2v) is 3.33. The van der Waals surface area contributed by atoms with Gasteiger partial charge in [-0.1, -0.05) is 0 Å². The molecular formula is C9H15N3O4. The molecule has 1 unspecified atom stereocenters. The number of carbonyl (C=O) groups is 2. The number of carboxylic acid groups (broad SMARTS) is 2. The minimum Gasteiger partial charge on any atom is -0.473 e. The number of aliphatic carboxylic acids is 2. The molecule has 1 aromatic heterocycles. The molecular weight excluding hydrogens is 214 g/mol. The maximum atomic E-state index is 9.10. The number of rotatable bonds is 2. The Balaban J connectivity index is 0.000000325. The third-order valence-corrected chi connectivity index (χ3v) is 1.47. The van der Waals surface area contributed by atoms with Crippen molar-refractivity contribution in [2.24, 2.45) is 5.73 Å². The molecule has 0 aliphatic carbocycles. The smallest absolute Gasteiger partial charge is 0.414 e. The summed E-state index contributed by atoms with van der Waals surface area (Å²) in [6.45, 7) is 3.96. The lowest BCUT2D eigenvalue weighted by atomic mass is 10.2. The molecule has 5 N–H and O–H groups in total. The third-order valence-electron chi connectivity index (χ3n) is 1.47. The molecule has 0 saturated heterocycles. The van der Waals surface area contributed by atoms with Crippen LogP contribution in [0.2, 0.25) is 0 Å². The van der Waals surface area contributed by atoms with Gasteiger partial charge in [-0.15, -0.1) is 0 Å². The molecule has 16 heavy (non-hydrogen) atoms. The highest BCUT2D eigenvalue weighted by Crippen LogP contribution is 1.99. The van der Waals surface area contributed by atoms with Gasteiger partial charge in [-0.3, -0.25) is 5.10 Å². The number of nitrogens with two attached hydrogens (primary N) is 1. The standard InChI is InChI=1S/C7H13N3.C2H2O4/c1-5(8)3-7-4-6(2)9-10-7;3-1(4)2(5)6/h4-5H,3,8H2,1-2H3,(H,9,10);(H,3,4)(H,5,6). The second kappa shape index (κ2) is 6.57. The predicted molar refractivity (Wildman–Crippen MR) is 55.9 cm³/mol. The summed E-state index contributed by atoms with van der Waals surface area (Å²) in [6.07, 6.45) is 0.852. The molecule has 0 saturated carbocycles. The zero-order valence-electron chi connectivity index (χ0n) is 9.10. The zero-order chi connectivity index (χ0) is 12.7. The maximum Gasteiger partial charge on any atom is 0.414 e. The number of H-pyrrole nitrogens is 1. The molecule has 1 rings (SSSR count). The van der Waals surface area contributed by atoms with Crippen LogP contribution in [0.15, 0.2) is 6.07 Å². The highest BCUT2D eigenvalue weighted by atomic mass is 16.4. The van der Waals surface area contributed by atoms with E-state index < -0.39 is 11.9 Å². The minimum atomic E-state index is -1.82. The van der Waals surface area contributed by atoms with Crippen molar-refractivity contribution in [3.05, 3.63) is 17.5 Å². The molecule has 7 nitrogen and oxygen atoms in total. The number of aromatic nitrogens is 2. The van der Waals surface area contributed by atoms with Crippen LogP contribution >= 0.6 is 0 Å². The average molecular weight is 229 g/mol. The molecule has 0 spiro atoms. The van der Waals surface area contributed by atoms with Gasteiger partial charge in [0, 0.05) is 18.2 Å². The van der Waals surface area contributed by atoms with Crippen molar-refractivity contribution in [1.29, 1.82) is 0 Å². The first-order chi connectivity index (χ1) is 7.32. The first-order valence-electron chi connectivity index (χ1n) is 4.55.